The van der Waals surface area contributed by atoms with Crippen LogP contribution in [0, 0.1) is 12.8 Å². The van der Waals surface area contributed by atoms with Crippen LogP contribution in [0.15, 0.2) is 18.2 Å². The van der Waals surface area contributed by atoms with Crippen LogP contribution in [0.1, 0.15) is 31.7 Å². The lowest BCUT2D eigenvalue weighted by Crippen LogP contribution is -2.33. The third-order valence-corrected chi connectivity index (χ3v) is 3.71. The van der Waals surface area contributed by atoms with Crippen molar-refractivity contribution in [2.24, 2.45) is 5.92 Å². The van der Waals surface area contributed by atoms with Gasteiger partial charge in [0.1, 0.15) is 0 Å². The zero-order valence-electron chi connectivity index (χ0n) is 12.1. The fraction of sp³-hybridized carbons (Fsp3) is 0.533. The van der Waals surface area contributed by atoms with Crippen molar-refractivity contribution in [3.05, 3.63) is 28.8 Å². The van der Waals surface area contributed by atoms with Gasteiger partial charge in [0.25, 0.3) is 0 Å². The maximum absolute atomic E-state index is 11.9. The molecule has 0 aliphatic carbocycles. The fourth-order valence-corrected chi connectivity index (χ4v) is 2.26. The van der Waals surface area contributed by atoms with Crippen molar-refractivity contribution in [2.45, 2.75) is 33.1 Å². The van der Waals surface area contributed by atoms with Crippen LogP contribution in [0.2, 0.25) is 5.02 Å². The van der Waals surface area contributed by atoms with Gasteiger partial charge in [-0.3, -0.25) is 0 Å². The van der Waals surface area contributed by atoms with E-state index in [0.29, 0.717) is 29.6 Å². The first-order valence-corrected chi connectivity index (χ1v) is 7.37. The molecule has 20 heavy (non-hydrogen) atoms. The summed E-state index contributed by atoms with van der Waals surface area (Å²) in [6.07, 6.45) is 2.75. The molecule has 1 atom stereocenters. The summed E-state index contributed by atoms with van der Waals surface area (Å²) in [5, 5.41) is 15.3. The Bertz CT molecular complexity index is 432. The van der Waals surface area contributed by atoms with Gasteiger partial charge in [-0.15, -0.1) is 0 Å². The van der Waals surface area contributed by atoms with E-state index in [1.807, 2.05) is 13.0 Å². The molecule has 4 nitrogen and oxygen atoms in total. The van der Waals surface area contributed by atoms with Crippen molar-refractivity contribution in [1.29, 1.82) is 0 Å². The van der Waals surface area contributed by atoms with Gasteiger partial charge in [-0.2, -0.15) is 0 Å². The highest BCUT2D eigenvalue weighted by Crippen LogP contribution is 2.22. The SMILES string of the molecule is CCCC(CCO)CNC(=O)Nc1cccc(Cl)c1C. The molecule has 2 amide bonds. The van der Waals surface area contributed by atoms with Crippen LogP contribution >= 0.6 is 11.6 Å². The maximum Gasteiger partial charge on any atom is 0.319 e. The van der Waals surface area contributed by atoms with E-state index in [2.05, 4.69) is 17.6 Å². The molecule has 0 bridgehead atoms. The van der Waals surface area contributed by atoms with E-state index in [1.54, 1.807) is 12.1 Å². The predicted molar refractivity (Wildman–Crippen MR) is 83.3 cm³/mol. The van der Waals surface area contributed by atoms with E-state index in [-0.39, 0.29) is 12.6 Å². The standard InChI is InChI=1S/C15H23ClN2O2/c1-3-5-12(8-9-19)10-17-15(20)18-14-7-4-6-13(16)11(14)2/h4,6-7,12,19H,3,5,8-10H2,1-2H3,(H2,17,18,20). The summed E-state index contributed by atoms with van der Waals surface area (Å²) >= 11 is 6.01. The molecule has 5 heteroatoms. The molecular weight excluding hydrogens is 276 g/mol. The Kier molecular flexibility index (Phi) is 7.41. The third kappa shape index (κ3) is 5.39. The lowest BCUT2D eigenvalue weighted by atomic mass is 10.0. The van der Waals surface area contributed by atoms with Gasteiger partial charge < -0.3 is 15.7 Å². The number of carbonyl (C=O) groups excluding carboxylic acids is 1. The second-order valence-corrected chi connectivity index (χ2v) is 5.32. The number of hydrogen-bond donors (Lipinski definition) is 3. The lowest BCUT2D eigenvalue weighted by molar-refractivity contribution is 0.236. The number of aliphatic hydroxyl groups is 1. The van der Waals surface area contributed by atoms with Crippen LogP contribution in [0.3, 0.4) is 0 Å². The number of urea groups is 1. The van der Waals surface area contributed by atoms with Gasteiger partial charge in [-0.05, 0) is 43.4 Å². The number of amides is 2. The highest BCUT2D eigenvalue weighted by molar-refractivity contribution is 6.31. The highest BCUT2D eigenvalue weighted by atomic mass is 35.5. The Morgan fingerprint density at radius 2 is 2.15 bits per heavy atom. The van der Waals surface area contributed by atoms with Crippen LogP contribution in [-0.4, -0.2) is 24.3 Å². The van der Waals surface area contributed by atoms with E-state index in [1.165, 1.54) is 0 Å². The van der Waals surface area contributed by atoms with Crippen LogP contribution in [0.4, 0.5) is 10.5 Å². The quantitative estimate of drug-likeness (QED) is 0.720. The summed E-state index contributed by atoms with van der Waals surface area (Å²) in [7, 11) is 0. The molecule has 1 rings (SSSR count). The second kappa shape index (κ2) is 8.82. The largest absolute Gasteiger partial charge is 0.396 e. The van der Waals surface area contributed by atoms with E-state index in [9.17, 15) is 4.79 Å². The molecule has 1 aromatic carbocycles. The van der Waals surface area contributed by atoms with Crippen LogP contribution < -0.4 is 10.6 Å². The number of nitrogens with one attached hydrogen (secondary N) is 2. The summed E-state index contributed by atoms with van der Waals surface area (Å²) in [6.45, 7) is 4.69. The molecular formula is C15H23ClN2O2. The molecule has 0 saturated carbocycles. The monoisotopic (exact) mass is 298 g/mol. The molecule has 112 valence electrons. The van der Waals surface area contributed by atoms with E-state index in [4.69, 9.17) is 16.7 Å². The average molecular weight is 299 g/mol. The van der Waals surface area contributed by atoms with Gasteiger partial charge in [0, 0.05) is 23.9 Å². The van der Waals surface area contributed by atoms with Crippen molar-refractivity contribution in [3.8, 4) is 0 Å². The zero-order valence-corrected chi connectivity index (χ0v) is 12.8. The van der Waals surface area contributed by atoms with Gasteiger partial charge in [0.2, 0.25) is 0 Å². The molecule has 1 unspecified atom stereocenters. The Labute approximate surface area is 125 Å². The fourth-order valence-electron chi connectivity index (χ4n) is 2.09. The van der Waals surface area contributed by atoms with Gasteiger partial charge in [-0.25, -0.2) is 4.79 Å². The van der Waals surface area contributed by atoms with Crippen LogP contribution in [0.5, 0.6) is 0 Å². The summed E-state index contributed by atoms with van der Waals surface area (Å²) in [4.78, 5) is 11.9. The summed E-state index contributed by atoms with van der Waals surface area (Å²) in [5.41, 5.74) is 1.56. The Balaban J connectivity index is 2.48. The summed E-state index contributed by atoms with van der Waals surface area (Å²) in [6, 6.07) is 5.17. The molecule has 0 aromatic heterocycles. The van der Waals surface area contributed by atoms with Gasteiger partial charge >= 0.3 is 6.03 Å². The third-order valence-electron chi connectivity index (χ3n) is 3.30. The second-order valence-electron chi connectivity index (χ2n) is 4.91. The van der Waals surface area contributed by atoms with Crippen LogP contribution in [0.25, 0.3) is 0 Å². The number of carbonyl (C=O) groups is 1. The van der Waals surface area contributed by atoms with E-state index < -0.39 is 0 Å². The predicted octanol–water partition coefficient (Wildman–Crippen LogP) is 3.57. The molecule has 0 aliphatic rings. The molecule has 0 saturated heterocycles. The molecule has 0 radical (unpaired) electrons. The normalized spacial score (nSPS) is 12.0. The number of anilines is 1. The Morgan fingerprint density at radius 3 is 2.80 bits per heavy atom. The minimum atomic E-state index is -0.241. The average Bonchev–Trinajstić information content (AvgIpc) is 2.42. The zero-order chi connectivity index (χ0) is 15.0. The van der Waals surface area contributed by atoms with E-state index in [0.717, 1.165) is 18.4 Å². The first-order valence-electron chi connectivity index (χ1n) is 6.99. The minimum Gasteiger partial charge on any atom is -0.396 e. The van der Waals surface area contributed by atoms with Crippen molar-refractivity contribution < 1.29 is 9.90 Å². The number of rotatable bonds is 7. The maximum atomic E-state index is 11.9. The van der Waals surface area contributed by atoms with Gasteiger partial charge in [-0.1, -0.05) is 31.0 Å². The van der Waals surface area contributed by atoms with Crippen molar-refractivity contribution in [1.82, 2.24) is 5.32 Å². The van der Waals surface area contributed by atoms with Crippen molar-refractivity contribution in [3.63, 3.8) is 0 Å². The molecule has 0 aliphatic heterocycles. The first-order chi connectivity index (χ1) is 9.58. The lowest BCUT2D eigenvalue weighted by Gasteiger charge is -2.16. The molecule has 0 fully saturated rings. The van der Waals surface area contributed by atoms with Crippen LogP contribution in [-0.2, 0) is 0 Å². The van der Waals surface area contributed by atoms with E-state index >= 15 is 0 Å². The Morgan fingerprint density at radius 1 is 1.40 bits per heavy atom. The topological polar surface area (TPSA) is 61.4 Å². The number of benzene rings is 1. The van der Waals surface area contributed by atoms with Gasteiger partial charge in [0.05, 0.1) is 0 Å². The minimum absolute atomic E-state index is 0.154. The summed E-state index contributed by atoms with van der Waals surface area (Å²) in [5.74, 6) is 0.316. The molecule has 0 spiro atoms. The van der Waals surface area contributed by atoms with Crippen molar-refractivity contribution >= 4 is 23.3 Å². The number of hydrogen-bond acceptors (Lipinski definition) is 2. The number of aliphatic hydroxyl groups excluding tert-OH is 1. The first kappa shape index (κ1) is 16.8. The summed E-state index contributed by atoms with van der Waals surface area (Å²) < 4.78 is 0. The molecule has 0 heterocycles. The molecule has 1 aromatic rings. The highest BCUT2D eigenvalue weighted by Gasteiger charge is 2.10. The smallest absolute Gasteiger partial charge is 0.319 e. The molecule has 3 N–H and O–H groups in total. The van der Waals surface area contributed by atoms with Crippen molar-refractivity contribution in [2.75, 3.05) is 18.5 Å². The van der Waals surface area contributed by atoms with Gasteiger partial charge in [0.15, 0.2) is 0 Å². The Hall–Kier alpha value is -1.26. The number of halogens is 1.